The number of methoxy groups -OCH3 is 1. The lowest BCUT2D eigenvalue weighted by Crippen LogP contribution is -1.97. The number of ether oxygens (including phenoxy) is 2. The van der Waals surface area contributed by atoms with Crippen LogP contribution in [0, 0.1) is 13.8 Å². The minimum absolute atomic E-state index is 0.679. The van der Waals surface area contributed by atoms with Crippen LogP contribution in [0.15, 0.2) is 36.5 Å². The summed E-state index contributed by atoms with van der Waals surface area (Å²) in [5.41, 5.74) is 2.47. The molecule has 0 N–H and O–H groups in total. The SMILES string of the molecule is COc1cccc(Oc2cc(C)nn3cc(C)nc23)c1. The zero-order valence-corrected chi connectivity index (χ0v) is 11.6. The van der Waals surface area contributed by atoms with Crippen LogP contribution in [-0.4, -0.2) is 21.7 Å². The average molecular weight is 269 g/mol. The monoisotopic (exact) mass is 269 g/mol. The molecule has 0 radical (unpaired) electrons. The highest BCUT2D eigenvalue weighted by Crippen LogP contribution is 2.28. The van der Waals surface area contributed by atoms with E-state index < -0.39 is 0 Å². The van der Waals surface area contributed by atoms with Crippen molar-refractivity contribution in [3.8, 4) is 17.2 Å². The molecule has 3 aromatic rings. The van der Waals surface area contributed by atoms with Crippen molar-refractivity contribution in [1.29, 1.82) is 0 Å². The summed E-state index contributed by atoms with van der Waals surface area (Å²) in [7, 11) is 1.63. The van der Waals surface area contributed by atoms with E-state index in [4.69, 9.17) is 9.47 Å². The van der Waals surface area contributed by atoms with Gasteiger partial charge in [-0.25, -0.2) is 9.50 Å². The van der Waals surface area contributed by atoms with Crippen molar-refractivity contribution in [3.63, 3.8) is 0 Å². The van der Waals surface area contributed by atoms with E-state index >= 15 is 0 Å². The molecular weight excluding hydrogens is 254 g/mol. The lowest BCUT2D eigenvalue weighted by Gasteiger charge is -2.08. The number of aromatic nitrogens is 3. The molecule has 20 heavy (non-hydrogen) atoms. The number of benzene rings is 1. The summed E-state index contributed by atoms with van der Waals surface area (Å²) in [6.45, 7) is 3.85. The van der Waals surface area contributed by atoms with Crippen LogP contribution in [0.5, 0.6) is 17.2 Å². The van der Waals surface area contributed by atoms with Crippen molar-refractivity contribution in [1.82, 2.24) is 14.6 Å². The maximum absolute atomic E-state index is 5.92. The fourth-order valence-electron chi connectivity index (χ4n) is 2.05. The Bertz CT molecular complexity index is 765. The second kappa shape index (κ2) is 4.85. The first-order valence-corrected chi connectivity index (χ1v) is 6.31. The lowest BCUT2D eigenvalue weighted by atomic mass is 10.3. The molecule has 2 heterocycles. The molecule has 3 rings (SSSR count). The fraction of sp³-hybridized carbons (Fsp3) is 0.200. The van der Waals surface area contributed by atoms with Gasteiger partial charge < -0.3 is 9.47 Å². The second-order valence-electron chi connectivity index (χ2n) is 4.58. The Labute approximate surface area is 116 Å². The fourth-order valence-corrected chi connectivity index (χ4v) is 2.05. The quantitative estimate of drug-likeness (QED) is 0.733. The number of rotatable bonds is 3. The number of hydrogen-bond donors (Lipinski definition) is 0. The number of aryl methyl sites for hydroxylation is 2. The van der Waals surface area contributed by atoms with Crippen LogP contribution in [0.4, 0.5) is 0 Å². The van der Waals surface area contributed by atoms with Crippen molar-refractivity contribution in [2.24, 2.45) is 0 Å². The highest BCUT2D eigenvalue weighted by molar-refractivity contribution is 5.55. The Kier molecular flexibility index (Phi) is 3.02. The van der Waals surface area contributed by atoms with Crippen LogP contribution in [0.3, 0.4) is 0 Å². The van der Waals surface area contributed by atoms with Gasteiger partial charge in [0.1, 0.15) is 11.5 Å². The Balaban J connectivity index is 2.05. The Morgan fingerprint density at radius 1 is 1.05 bits per heavy atom. The predicted molar refractivity (Wildman–Crippen MR) is 75.5 cm³/mol. The van der Waals surface area contributed by atoms with Crippen LogP contribution in [-0.2, 0) is 0 Å². The molecule has 0 fully saturated rings. The van der Waals surface area contributed by atoms with Crippen LogP contribution < -0.4 is 9.47 Å². The standard InChI is InChI=1S/C15H15N3O2/c1-10-7-14(15-16-11(2)9-18(15)17-10)20-13-6-4-5-12(8-13)19-3/h4-9H,1-3H3. The molecule has 0 unspecified atom stereocenters. The molecule has 0 aliphatic heterocycles. The third-order valence-corrected chi connectivity index (χ3v) is 2.90. The van der Waals surface area contributed by atoms with Gasteiger partial charge in [0.15, 0.2) is 11.4 Å². The van der Waals surface area contributed by atoms with Gasteiger partial charge in [0, 0.05) is 12.1 Å². The van der Waals surface area contributed by atoms with Gasteiger partial charge >= 0.3 is 0 Å². The molecule has 0 aliphatic rings. The minimum atomic E-state index is 0.679. The summed E-state index contributed by atoms with van der Waals surface area (Å²) in [6.07, 6.45) is 1.88. The summed E-state index contributed by atoms with van der Waals surface area (Å²) in [4.78, 5) is 4.44. The van der Waals surface area contributed by atoms with Gasteiger partial charge in [-0.1, -0.05) is 6.07 Å². The molecule has 1 aromatic carbocycles. The van der Waals surface area contributed by atoms with E-state index in [1.54, 1.807) is 11.6 Å². The van der Waals surface area contributed by atoms with E-state index in [0.717, 1.165) is 17.1 Å². The van der Waals surface area contributed by atoms with E-state index in [2.05, 4.69) is 10.1 Å². The van der Waals surface area contributed by atoms with Crippen molar-refractivity contribution in [3.05, 3.63) is 47.9 Å². The van der Waals surface area contributed by atoms with Gasteiger partial charge in [-0.05, 0) is 26.0 Å². The van der Waals surface area contributed by atoms with Crippen molar-refractivity contribution >= 4 is 5.65 Å². The molecule has 0 spiro atoms. The number of imidazole rings is 1. The van der Waals surface area contributed by atoms with Crippen LogP contribution in [0.2, 0.25) is 0 Å². The minimum Gasteiger partial charge on any atom is -0.497 e. The molecule has 0 amide bonds. The summed E-state index contributed by atoms with van der Waals surface area (Å²) in [5, 5.41) is 4.38. The summed E-state index contributed by atoms with van der Waals surface area (Å²) in [5.74, 6) is 2.14. The molecule has 5 nitrogen and oxygen atoms in total. The van der Waals surface area contributed by atoms with E-state index in [-0.39, 0.29) is 0 Å². The average Bonchev–Trinajstić information content (AvgIpc) is 2.79. The lowest BCUT2D eigenvalue weighted by molar-refractivity contribution is 0.409. The van der Waals surface area contributed by atoms with E-state index in [1.807, 2.05) is 50.4 Å². The first kappa shape index (κ1) is 12.5. The zero-order chi connectivity index (χ0) is 14.1. The molecule has 0 bridgehead atoms. The first-order valence-electron chi connectivity index (χ1n) is 6.31. The van der Waals surface area contributed by atoms with Gasteiger partial charge in [0.05, 0.1) is 24.7 Å². The molecule has 0 saturated carbocycles. The third kappa shape index (κ3) is 2.30. The summed E-state index contributed by atoms with van der Waals surface area (Å²) < 4.78 is 12.9. The number of hydrogen-bond acceptors (Lipinski definition) is 4. The molecule has 0 aliphatic carbocycles. The van der Waals surface area contributed by atoms with Crippen LogP contribution in [0.25, 0.3) is 5.65 Å². The van der Waals surface area contributed by atoms with Gasteiger partial charge in [-0.2, -0.15) is 5.10 Å². The molecule has 102 valence electrons. The summed E-state index contributed by atoms with van der Waals surface area (Å²) in [6, 6.07) is 9.35. The van der Waals surface area contributed by atoms with E-state index in [0.29, 0.717) is 17.1 Å². The Morgan fingerprint density at radius 2 is 1.85 bits per heavy atom. The maximum atomic E-state index is 5.92. The maximum Gasteiger partial charge on any atom is 0.197 e. The number of fused-ring (bicyclic) bond motifs is 1. The normalized spacial score (nSPS) is 10.8. The Morgan fingerprint density at radius 3 is 2.65 bits per heavy atom. The van der Waals surface area contributed by atoms with Crippen molar-refractivity contribution < 1.29 is 9.47 Å². The molecule has 0 atom stereocenters. The first-order chi connectivity index (χ1) is 9.65. The van der Waals surface area contributed by atoms with E-state index in [9.17, 15) is 0 Å². The van der Waals surface area contributed by atoms with Gasteiger partial charge in [0.25, 0.3) is 0 Å². The molecule has 0 saturated heterocycles. The zero-order valence-electron chi connectivity index (χ0n) is 11.6. The van der Waals surface area contributed by atoms with Gasteiger partial charge in [0.2, 0.25) is 0 Å². The molecule has 5 heteroatoms. The van der Waals surface area contributed by atoms with Gasteiger partial charge in [-0.15, -0.1) is 0 Å². The smallest absolute Gasteiger partial charge is 0.197 e. The third-order valence-electron chi connectivity index (χ3n) is 2.90. The molecule has 2 aromatic heterocycles. The number of nitrogens with zero attached hydrogens (tertiary/aromatic N) is 3. The van der Waals surface area contributed by atoms with Crippen molar-refractivity contribution in [2.75, 3.05) is 7.11 Å². The van der Waals surface area contributed by atoms with E-state index in [1.165, 1.54) is 0 Å². The highest BCUT2D eigenvalue weighted by Gasteiger charge is 2.09. The van der Waals surface area contributed by atoms with Gasteiger partial charge in [-0.3, -0.25) is 0 Å². The van der Waals surface area contributed by atoms with Crippen molar-refractivity contribution in [2.45, 2.75) is 13.8 Å². The topological polar surface area (TPSA) is 48.7 Å². The van der Waals surface area contributed by atoms with Crippen LogP contribution in [0.1, 0.15) is 11.4 Å². The van der Waals surface area contributed by atoms with Crippen LogP contribution >= 0.6 is 0 Å². The predicted octanol–water partition coefficient (Wildman–Crippen LogP) is 3.15. The molecular formula is C15H15N3O2. The largest absolute Gasteiger partial charge is 0.497 e. The second-order valence-corrected chi connectivity index (χ2v) is 4.58. The Hall–Kier alpha value is -2.56. The highest BCUT2D eigenvalue weighted by atomic mass is 16.5. The summed E-state index contributed by atoms with van der Waals surface area (Å²) >= 11 is 0.